The third kappa shape index (κ3) is 5.99. The second-order valence-corrected chi connectivity index (χ2v) is 7.49. The molecular weight excluding hydrogens is 350 g/mol. The molecule has 0 radical (unpaired) electrons. The molecule has 0 heterocycles. The van der Waals surface area contributed by atoms with Gasteiger partial charge in [0.15, 0.2) is 0 Å². The molecule has 0 aliphatic rings. The van der Waals surface area contributed by atoms with Crippen LogP contribution in [-0.2, 0) is 0 Å². The summed E-state index contributed by atoms with van der Waals surface area (Å²) < 4.78 is 0.766. The van der Waals surface area contributed by atoms with Gasteiger partial charge in [0.05, 0.1) is 10.6 Å². The number of carbonyl (C=O) groups is 1. The molecule has 0 atom stereocenters. The van der Waals surface area contributed by atoms with Gasteiger partial charge in [-0.1, -0.05) is 45.4 Å². The second kappa shape index (κ2) is 8.79. The molecule has 0 aromatic heterocycles. The van der Waals surface area contributed by atoms with Crippen LogP contribution in [0.2, 0.25) is 5.02 Å². The molecule has 0 saturated heterocycles. The maximum absolute atomic E-state index is 12.8. The first-order valence-corrected chi connectivity index (χ1v) is 8.73. The highest BCUT2D eigenvalue weighted by Gasteiger charge is 2.19. The van der Waals surface area contributed by atoms with Crippen LogP contribution in [0.1, 0.15) is 50.9 Å². The van der Waals surface area contributed by atoms with Gasteiger partial charge in [-0.2, -0.15) is 0 Å². The lowest BCUT2D eigenvalue weighted by atomic mass is 10.1. The largest absolute Gasteiger partial charge is 0.339 e. The van der Waals surface area contributed by atoms with Crippen LogP contribution in [0.4, 0.5) is 0 Å². The topological polar surface area (TPSA) is 20.3 Å². The Kier molecular flexibility index (Phi) is 7.75. The van der Waals surface area contributed by atoms with E-state index in [4.69, 9.17) is 11.6 Å². The lowest BCUT2D eigenvalue weighted by Gasteiger charge is -2.25. The molecule has 0 saturated carbocycles. The van der Waals surface area contributed by atoms with E-state index in [0.717, 1.165) is 30.4 Å². The van der Waals surface area contributed by atoms with Gasteiger partial charge in [0.1, 0.15) is 0 Å². The van der Waals surface area contributed by atoms with Crippen LogP contribution >= 0.6 is 27.5 Å². The van der Waals surface area contributed by atoms with E-state index in [1.165, 1.54) is 0 Å². The van der Waals surface area contributed by atoms with E-state index in [1.54, 1.807) is 6.07 Å². The molecule has 1 aromatic carbocycles. The molecule has 0 bridgehead atoms. The summed E-state index contributed by atoms with van der Waals surface area (Å²) >= 11 is 9.65. The first-order chi connectivity index (χ1) is 9.82. The summed E-state index contributed by atoms with van der Waals surface area (Å²) in [4.78, 5) is 14.7. The van der Waals surface area contributed by atoms with Crippen molar-refractivity contribution in [2.24, 2.45) is 11.8 Å². The van der Waals surface area contributed by atoms with E-state index in [1.807, 2.05) is 17.0 Å². The maximum atomic E-state index is 12.8. The summed E-state index contributed by atoms with van der Waals surface area (Å²) in [7, 11) is 0. The van der Waals surface area contributed by atoms with E-state index in [-0.39, 0.29) is 5.91 Å². The van der Waals surface area contributed by atoms with Gasteiger partial charge in [-0.05, 0) is 52.7 Å². The summed E-state index contributed by atoms with van der Waals surface area (Å²) in [6, 6.07) is 5.51. The summed E-state index contributed by atoms with van der Waals surface area (Å²) in [5.74, 6) is 1.19. The molecule has 21 heavy (non-hydrogen) atoms. The molecule has 0 fully saturated rings. The quantitative estimate of drug-likeness (QED) is 0.605. The minimum Gasteiger partial charge on any atom is -0.339 e. The van der Waals surface area contributed by atoms with Crippen molar-refractivity contribution in [2.75, 3.05) is 13.1 Å². The van der Waals surface area contributed by atoms with Crippen molar-refractivity contribution < 1.29 is 4.79 Å². The number of carbonyl (C=O) groups excluding carboxylic acids is 1. The smallest absolute Gasteiger partial charge is 0.255 e. The molecule has 0 N–H and O–H groups in total. The number of halogens is 2. The zero-order valence-electron chi connectivity index (χ0n) is 13.3. The first kappa shape index (κ1) is 18.5. The zero-order chi connectivity index (χ0) is 16.0. The number of hydrogen-bond acceptors (Lipinski definition) is 1. The summed E-state index contributed by atoms with van der Waals surface area (Å²) in [5.41, 5.74) is 0.582. The third-order valence-electron chi connectivity index (χ3n) is 3.42. The Morgan fingerprint density at radius 1 is 1.14 bits per heavy atom. The van der Waals surface area contributed by atoms with Crippen molar-refractivity contribution in [2.45, 2.75) is 40.5 Å². The lowest BCUT2D eigenvalue weighted by molar-refractivity contribution is 0.0741. The van der Waals surface area contributed by atoms with E-state index in [0.29, 0.717) is 22.4 Å². The SMILES string of the molecule is CC(C)CCN(CCC(C)C)C(=O)c1cccc(Br)c1Cl. The maximum Gasteiger partial charge on any atom is 0.255 e. The Morgan fingerprint density at radius 3 is 2.14 bits per heavy atom. The number of rotatable bonds is 7. The fraction of sp³-hybridized carbons (Fsp3) is 0.588. The molecular formula is C17H25BrClNO. The minimum absolute atomic E-state index is 0.0302. The fourth-order valence-corrected chi connectivity index (χ4v) is 2.56. The highest BCUT2D eigenvalue weighted by molar-refractivity contribution is 9.10. The molecule has 0 unspecified atom stereocenters. The second-order valence-electron chi connectivity index (χ2n) is 6.26. The zero-order valence-corrected chi connectivity index (χ0v) is 15.7. The number of hydrogen-bond donors (Lipinski definition) is 0. The van der Waals surface area contributed by atoms with Gasteiger partial charge < -0.3 is 4.90 Å². The van der Waals surface area contributed by atoms with Crippen molar-refractivity contribution >= 4 is 33.4 Å². The van der Waals surface area contributed by atoms with Crippen LogP contribution in [-0.4, -0.2) is 23.9 Å². The van der Waals surface area contributed by atoms with E-state index in [2.05, 4.69) is 43.6 Å². The highest BCUT2D eigenvalue weighted by atomic mass is 79.9. The Labute approximate surface area is 142 Å². The molecule has 0 spiro atoms. The number of amides is 1. The predicted molar refractivity (Wildman–Crippen MR) is 94.0 cm³/mol. The van der Waals surface area contributed by atoms with Crippen LogP contribution in [0.25, 0.3) is 0 Å². The monoisotopic (exact) mass is 373 g/mol. The van der Waals surface area contributed by atoms with Crippen molar-refractivity contribution in [1.29, 1.82) is 0 Å². The Bertz CT molecular complexity index is 462. The summed E-state index contributed by atoms with van der Waals surface area (Å²) in [6.45, 7) is 10.3. The number of nitrogens with zero attached hydrogens (tertiary/aromatic N) is 1. The fourth-order valence-electron chi connectivity index (χ4n) is 1.98. The van der Waals surface area contributed by atoms with Gasteiger partial charge >= 0.3 is 0 Å². The molecule has 4 heteroatoms. The van der Waals surface area contributed by atoms with Gasteiger partial charge in [0, 0.05) is 17.6 Å². The Balaban J connectivity index is 2.89. The van der Waals surface area contributed by atoms with E-state index < -0.39 is 0 Å². The van der Waals surface area contributed by atoms with Crippen LogP contribution in [0, 0.1) is 11.8 Å². The van der Waals surface area contributed by atoms with Gasteiger partial charge in [-0.3, -0.25) is 4.79 Å². The van der Waals surface area contributed by atoms with Crippen molar-refractivity contribution in [3.63, 3.8) is 0 Å². The number of benzene rings is 1. The van der Waals surface area contributed by atoms with Crippen LogP contribution < -0.4 is 0 Å². The summed E-state index contributed by atoms with van der Waals surface area (Å²) in [6.07, 6.45) is 2.02. The Hall–Kier alpha value is -0.540. The van der Waals surface area contributed by atoms with Crippen LogP contribution in [0.15, 0.2) is 22.7 Å². The summed E-state index contributed by atoms with van der Waals surface area (Å²) in [5, 5.41) is 0.501. The molecule has 2 nitrogen and oxygen atoms in total. The normalized spacial score (nSPS) is 11.2. The standard InChI is InChI=1S/C17H25BrClNO/c1-12(2)8-10-20(11-9-13(3)4)17(21)14-6-5-7-15(18)16(14)19/h5-7,12-13H,8-11H2,1-4H3. The molecule has 0 aliphatic carbocycles. The van der Waals surface area contributed by atoms with Crippen LogP contribution in [0.3, 0.4) is 0 Å². The molecule has 118 valence electrons. The van der Waals surface area contributed by atoms with Gasteiger partial charge in [-0.25, -0.2) is 0 Å². The van der Waals surface area contributed by atoms with E-state index in [9.17, 15) is 4.79 Å². The first-order valence-electron chi connectivity index (χ1n) is 7.56. The third-order valence-corrected chi connectivity index (χ3v) is 4.72. The molecule has 1 rings (SSSR count). The van der Waals surface area contributed by atoms with Gasteiger partial charge in [0.25, 0.3) is 5.91 Å². The van der Waals surface area contributed by atoms with Gasteiger partial charge in [0.2, 0.25) is 0 Å². The van der Waals surface area contributed by atoms with Crippen molar-refractivity contribution in [3.05, 3.63) is 33.3 Å². The average molecular weight is 375 g/mol. The van der Waals surface area contributed by atoms with Gasteiger partial charge in [-0.15, -0.1) is 0 Å². The lowest BCUT2D eigenvalue weighted by Crippen LogP contribution is -2.34. The predicted octanol–water partition coefficient (Wildman–Crippen LogP) is 5.64. The minimum atomic E-state index is 0.0302. The van der Waals surface area contributed by atoms with E-state index >= 15 is 0 Å². The van der Waals surface area contributed by atoms with Crippen molar-refractivity contribution in [3.8, 4) is 0 Å². The molecule has 0 aliphatic heterocycles. The highest BCUT2D eigenvalue weighted by Crippen LogP contribution is 2.27. The molecule has 1 aromatic rings. The van der Waals surface area contributed by atoms with Crippen molar-refractivity contribution in [1.82, 2.24) is 4.90 Å². The Morgan fingerprint density at radius 2 is 1.67 bits per heavy atom. The van der Waals surface area contributed by atoms with Crippen LogP contribution in [0.5, 0.6) is 0 Å². The average Bonchev–Trinajstić information content (AvgIpc) is 2.40. The molecule has 1 amide bonds.